The molecular weight excluding hydrogens is 422 g/mol. The molecule has 0 fully saturated rings. The number of fused-ring (bicyclic) bond motifs is 1. The van der Waals surface area contributed by atoms with Gasteiger partial charge in [0.15, 0.2) is 0 Å². The molecule has 31 heavy (non-hydrogen) atoms. The van der Waals surface area contributed by atoms with E-state index in [-0.39, 0.29) is 5.12 Å². The standard InChI is InChI=1S/C27H22ClNOS/c28-23-14-12-22-13-16-24(29-26(22)18-23)15-11-20-6-3-5-19(17-20)7-4-9-21-8-1-2-10-25(21)27(30)31/h1-3,5-6,8,10-18H,4,7,9H2,(H,30,31)/b15-11+. The number of carbonyl (C=O) groups is 1. The number of thiol groups is 1. The first-order valence-electron chi connectivity index (χ1n) is 10.2. The minimum Gasteiger partial charge on any atom is -0.282 e. The summed E-state index contributed by atoms with van der Waals surface area (Å²) in [5.41, 5.74) is 5.95. The summed E-state index contributed by atoms with van der Waals surface area (Å²) in [7, 11) is 0. The van der Waals surface area contributed by atoms with Crippen LogP contribution in [0.3, 0.4) is 0 Å². The van der Waals surface area contributed by atoms with Gasteiger partial charge in [-0.3, -0.25) is 4.79 Å². The van der Waals surface area contributed by atoms with Crippen molar-refractivity contribution in [2.45, 2.75) is 19.3 Å². The third-order valence-electron chi connectivity index (χ3n) is 5.23. The Labute approximate surface area is 193 Å². The monoisotopic (exact) mass is 443 g/mol. The first-order valence-corrected chi connectivity index (χ1v) is 11.1. The lowest BCUT2D eigenvalue weighted by Crippen LogP contribution is -1.98. The fraction of sp³-hybridized carbons (Fsp3) is 0.111. The van der Waals surface area contributed by atoms with Crippen molar-refractivity contribution in [3.05, 3.63) is 112 Å². The maximum Gasteiger partial charge on any atom is 0.216 e. The summed E-state index contributed by atoms with van der Waals surface area (Å²) in [6.07, 6.45) is 6.87. The Morgan fingerprint density at radius 3 is 2.61 bits per heavy atom. The highest BCUT2D eigenvalue weighted by molar-refractivity contribution is 7.97. The number of aryl methyl sites for hydroxylation is 2. The SMILES string of the molecule is O=C(S)c1ccccc1CCCc1cccc(/C=C/c2ccc3ccc(Cl)cc3n2)c1. The maximum absolute atomic E-state index is 11.7. The zero-order chi connectivity index (χ0) is 21.6. The molecule has 0 saturated heterocycles. The van der Waals surface area contributed by atoms with Crippen molar-refractivity contribution in [3.63, 3.8) is 0 Å². The lowest BCUT2D eigenvalue weighted by Gasteiger charge is -2.07. The minimum atomic E-state index is -0.174. The Kier molecular flexibility index (Phi) is 6.86. The van der Waals surface area contributed by atoms with Gasteiger partial charge in [0.05, 0.1) is 11.2 Å². The molecule has 0 radical (unpaired) electrons. The largest absolute Gasteiger partial charge is 0.282 e. The Morgan fingerprint density at radius 2 is 1.74 bits per heavy atom. The van der Waals surface area contributed by atoms with Gasteiger partial charge in [0.25, 0.3) is 0 Å². The van der Waals surface area contributed by atoms with Crippen LogP contribution in [-0.2, 0) is 12.8 Å². The second kappa shape index (κ2) is 9.95. The number of rotatable bonds is 7. The van der Waals surface area contributed by atoms with Crippen molar-refractivity contribution in [2.75, 3.05) is 0 Å². The van der Waals surface area contributed by atoms with Crippen LogP contribution in [-0.4, -0.2) is 10.1 Å². The van der Waals surface area contributed by atoms with Gasteiger partial charge in [-0.2, -0.15) is 0 Å². The van der Waals surface area contributed by atoms with Gasteiger partial charge < -0.3 is 0 Å². The summed E-state index contributed by atoms with van der Waals surface area (Å²) in [4.78, 5) is 16.3. The number of hydrogen-bond donors (Lipinski definition) is 1. The number of halogens is 1. The molecule has 0 amide bonds. The molecule has 0 bridgehead atoms. The van der Waals surface area contributed by atoms with E-state index in [1.54, 1.807) is 0 Å². The summed E-state index contributed by atoms with van der Waals surface area (Å²) in [6.45, 7) is 0. The second-order valence-corrected chi connectivity index (χ2v) is 8.31. The van der Waals surface area contributed by atoms with Crippen molar-refractivity contribution < 1.29 is 4.79 Å². The topological polar surface area (TPSA) is 30.0 Å². The highest BCUT2D eigenvalue weighted by atomic mass is 35.5. The average Bonchev–Trinajstić information content (AvgIpc) is 2.78. The highest BCUT2D eigenvalue weighted by Crippen LogP contribution is 2.20. The van der Waals surface area contributed by atoms with Gasteiger partial charge in [-0.05, 0) is 60.2 Å². The molecule has 0 saturated carbocycles. The minimum absolute atomic E-state index is 0.174. The maximum atomic E-state index is 11.7. The number of hydrogen-bond acceptors (Lipinski definition) is 2. The Balaban J connectivity index is 1.42. The Bertz CT molecular complexity index is 1270. The second-order valence-electron chi connectivity index (χ2n) is 7.47. The summed E-state index contributed by atoms with van der Waals surface area (Å²) in [6, 6.07) is 26.0. The molecule has 0 aliphatic heterocycles. The highest BCUT2D eigenvalue weighted by Gasteiger charge is 2.07. The molecule has 2 nitrogen and oxygen atoms in total. The first kappa shape index (κ1) is 21.4. The predicted molar refractivity (Wildman–Crippen MR) is 134 cm³/mol. The molecule has 0 unspecified atom stereocenters. The van der Waals surface area contributed by atoms with Gasteiger partial charge in [-0.15, -0.1) is 12.6 Å². The van der Waals surface area contributed by atoms with E-state index in [0.717, 1.165) is 47.0 Å². The van der Waals surface area contributed by atoms with Crippen molar-refractivity contribution >= 4 is 52.4 Å². The fourth-order valence-corrected chi connectivity index (χ4v) is 4.05. The summed E-state index contributed by atoms with van der Waals surface area (Å²) >= 11 is 10.1. The van der Waals surface area contributed by atoms with Crippen LogP contribution in [0.25, 0.3) is 23.1 Å². The molecule has 0 atom stereocenters. The molecule has 0 aliphatic carbocycles. The number of benzene rings is 3. The van der Waals surface area contributed by atoms with E-state index in [1.165, 1.54) is 5.56 Å². The van der Waals surface area contributed by atoms with Crippen molar-refractivity contribution in [1.82, 2.24) is 4.98 Å². The molecule has 4 rings (SSSR count). The Morgan fingerprint density at radius 1 is 0.903 bits per heavy atom. The summed E-state index contributed by atoms with van der Waals surface area (Å²) in [5.74, 6) is 0. The number of pyridine rings is 1. The normalized spacial score (nSPS) is 11.3. The lowest BCUT2D eigenvalue weighted by molar-refractivity contribution is 0.109. The molecular formula is C27H22ClNOS. The van der Waals surface area contributed by atoms with Crippen molar-refractivity contribution in [2.24, 2.45) is 0 Å². The van der Waals surface area contributed by atoms with E-state index in [0.29, 0.717) is 10.6 Å². The molecule has 1 aromatic heterocycles. The third kappa shape index (κ3) is 5.63. The van der Waals surface area contributed by atoms with Gasteiger partial charge >= 0.3 is 0 Å². The first-order chi connectivity index (χ1) is 15.1. The van der Waals surface area contributed by atoms with Gasteiger partial charge in [0.2, 0.25) is 5.12 Å². The van der Waals surface area contributed by atoms with Crippen LogP contribution in [0.1, 0.15) is 39.2 Å². The number of nitrogens with zero attached hydrogens (tertiary/aromatic N) is 1. The molecule has 154 valence electrons. The van der Waals surface area contributed by atoms with E-state index >= 15 is 0 Å². The molecule has 0 N–H and O–H groups in total. The van der Waals surface area contributed by atoms with E-state index < -0.39 is 0 Å². The van der Waals surface area contributed by atoms with Gasteiger partial charge in [-0.25, -0.2) is 4.98 Å². The molecule has 4 aromatic rings. The number of aromatic nitrogens is 1. The zero-order valence-electron chi connectivity index (χ0n) is 17.0. The Hall–Kier alpha value is -2.88. The molecule has 0 aliphatic rings. The number of carbonyl (C=O) groups excluding carboxylic acids is 1. The van der Waals surface area contributed by atoms with E-state index in [1.807, 2.05) is 54.6 Å². The van der Waals surface area contributed by atoms with E-state index in [9.17, 15) is 4.79 Å². The third-order valence-corrected chi connectivity index (χ3v) is 5.71. The molecule has 0 spiro atoms. The fourth-order valence-electron chi connectivity index (χ4n) is 3.66. The van der Waals surface area contributed by atoms with Gasteiger partial charge in [0, 0.05) is 16.0 Å². The average molecular weight is 444 g/mol. The molecule has 3 aromatic carbocycles. The van der Waals surface area contributed by atoms with Crippen LogP contribution in [0, 0.1) is 0 Å². The van der Waals surface area contributed by atoms with Crippen molar-refractivity contribution in [3.8, 4) is 0 Å². The quantitative estimate of drug-likeness (QED) is 0.303. The predicted octanol–water partition coefficient (Wildman–Crippen LogP) is 7.30. The molecule has 4 heteroatoms. The van der Waals surface area contributed by atoms with Crippen LogP contribution in [0.15, 0.2) is 78.9 Å². The lowest BCUT2D eigenvalue weighted by atomic mass is 9.99. The zero-order valence-corrected chi connectivity index (χ0v) is 18.6. The summed E-state index contributed by atoms with van der Waals surface area (Å²) < 4.78 is 0. The molecule has 1 heterocycles. The van der Waals surface area contributed by atoms with Crippen LogP contribution in [0.2, 0.25) is 5.02 Å². The van der Waals surface area contributed by atoms with E-state index in [2.05, 4.69) is 54.0 Å². The summed E-state index contributed by atoms with van der Waals surface area (Å²) in [5, 5.41) is 1.59. The van der Waals surface area contributed by atoms with E-state index in [4.69, 9.17) is 11.6 Å². The van der Waals surface area contributed by atoms with Crippen LogP contribution in [0.5, 0.6) is 0 Å². The van der Waals surface area contributed by atoms with Crippen molar-refractivity contribution in [1.29, 1.82) is 0 Å². The van der Waals surface area contributed by atoms with Gasteiger partial charge in [-0.1, -0.05) is 78.3 Å². The van der Waals surface area contributed by atoms with Gasteiger partial charge in [0.1, 0.15) is 0 Å². The van der Waals surface area contributed by atoms with Crippen LogP contribution in [0.4, 0.5) is 0 Å². The van der Waals surface area contributed by atoms with Crippen LogP contribution < -0.4 is 0 Å². The van der Waals surface area contributed by atoms with Crippen LogP contribution >= 0.6 is 24.2 Å². The smallest absolute Gasteiger partial charge is 0.216 e.